The lowest BCUT2D eigenvalue weighted by molar-refractivity contribution is 0.124. The van der Waals surface area contributed by atoms with E-state index in [0.717, 1.165) is 36.7 Å². The average molecular weight is 277 g/mol. The molecule has 1 aliphatic rings. The topological polar surface area (TPSA) is 37.4 Å². The number of rotatable bonds is 6. The van der Waals surface area contributed by atoms with Crippen molar-refractivity contribution in [1.82, 2.24) is 15.2 Å². The number of aromatic nitrogens is 1. The molecule has 0 aromatic carbocycles. The molecule has 0 bridgehead atoms. The first-order chi connectivity index (χ1) is 9.70. The SMILES string of the molecule is CCNCc1cnc(C)cc1OCC1CCCCN1C. The van der Waals surface area contributed by atoms with E-state index in [2.05, 4.69) is 35.2 Å². The summed E-state index contributed by atoms with van der Waals surface area (Å²) in [6.45, 7) is 7.86. The van der Waals surface area contributed by atoms with Crippen molar-refractivity contribution in [3.63, 3.8) is 0 Å². The van der Waals surface area contributed by atoms with Crippen molar-refractivity contribution in [3.8, 4) is 5.75 Å². The standard InChI is InChI=1S/C16H27N3O/c1-4-17-10-14-11-18-13(2)9-16(14)20-12-15-7-5-6-8-19(15)3/h9,11,15,17H,4-8,10,12H2,1-3H3. The fourth-order valence-corrected chi connectivity index (χ4v) is 2.63. The van der Waals surface area contributed by atoms with Crippen molar-refractivity contribution in [3.05, 3.63) is 23.5 Å². The molecule has 4 heteroatoms. The minimum Gasteiger partial charge on any atom is -0.491 e. The summed E-state index contributed by atoms with van der Waals surface area (Å²) >= 11 is 0. The summed E-state index contributed by atoms with van der Waals surface area (Å²) < 4.78 is 6.10. The first-order valence-electron chi connectivity index (χ1n) is 7.70. The van der Waals surface area contributed by atoms with E-state index in [4.69, 9.17) is 4.74 Å². The molecule has 1 fully saturated rings. The van der Waals surface area contributed by atoms with Gasteiger partial charge >= 0.3 is 0 Å². The number of likely N-dealkylation sites (tertiary alicyclic amines) is 1. The Balaban J connectivity index is 1.98. The highest BCUT2D eigenvalue weighted by molar-refractivity contribution is 5.32. The predicted molar refractivity (Wildman–Crippen MR) is 82.1 cm³/mol. The van der Waals surface area contributed by atoms with Crippen LogP contribution in [0.15, 0.2) is 12.3 Å². The average Bonchev–Trinajstić information content (AvgIpc) is 2.45. The summed E-state index contributed by atoms with van der Waals surface area (Å²) in [6.07, 6.45) is 5.80. The molecule has 1 N–H and O–H groups in total. The number of likely N-dealkylation sites (N-methyl/N-ethyl adjacent to an activating group) is 1. The third-order valence-corrected chi connectivity index (χ3v) is 4.00. The molecule has 2 heterocycles. The van der Waals surface area contributed by atoms with Gasteiger partial charge in [0.05, 0.1) is 0 Å². The molecule has 1 unspecified atom stereocenters. The molecule has 0 spiro atoms. The van der Waals surface area contributed by atoms with Crippen LogP contribution in [-0.2, 0) is 6.54 Å². The zero-order chi connectivity index (χ0) is 14.4. The minimum atomic E-state index is 0.546. The Morgan fingerprint density at radius 3 is 3.05 bits per heavy atom. The quantitative estimate of drug-likeness (QED) is 0.866. The first kappa shape index (κ1) is 15.3. The number of hydrogen-bond acceptors (Lipinski definition) is 4. The lowest BCUT2D eigenvalue weighted by Crippen LogP contribution is -2.40. The summed E-state index contributed by atoms with van der Waals surface area (Å²) in [5.74, 6) is 0.984. The molecule has 0 aliphatic carbocycles. The van der Waals surface area contributed by atoms with Crippen LogP contribution in [0.5, 0.6) is 5.75 Å². The van der Waals surface area contributed by atoms with Gasteiger partial charge in [-0.15, -0.1) is 0 Å². The summed E-state index contributed by atoms with van der Waals surface area (Å²) in [6, 6.07) is 2.60. The lowest BCUT2D eigenvalue weighted by atomic mass is 10.0. The normalized spacial score (nSPS) is 20.1. The highest BCUT2D eigenvalue weighted by Gasteiger charge is 2.19. The maximum absolute atomic E-state index is 6.10. The second-order valence-electron chi connectivity index (χ2n) is 5.65. The van der Waals surface area contributed by atoms with Crippen LogP contribution in [0, 0.1) is 6.92 Å². The molecular formula is C16H27N3O. The number of aryl methyl sites for hydroxylation is 1. The van der Waals surface area contributed by atoms with Gasteiger partial charge in [-0.2, -0.15) is 0 Å². The van der Waals surface area contributed by atoms with Crippen LogP contribution in [0.3, 0.4) is 0 Å². The maximum Gasteiger partial charge on any atom is 0.127 e. The molecular weight excluding hydrogens is 250 g/mol. The van der Waals surface area contributed by atoms with Gasteiger partial charge in [0, 0.05) is 36.1 Å². The number of pyridine rings is 1. The first-order valence-corrected chi connectivity index (χ1v) is 7.70. The van der Waals surface area contributed by atoms with Crippen molar-refractivity contribution < 1.29 is 4.74 Å². The Morgan fingerprint density at radius 1 is 1.45 bits per heavy atom. The molecule has 112 valence electrons. The van der Waals surface area contributed by atoms with Crippen LogP contribution in [0.4, 0.5) is 0 Å². The van der Waals surface area contributed by atoms with Gasteiger partial charge in [0.25, 0.3) is 0 Å². The van der Waals surface area contributed by atoms with Gasteiger partial charge in [-0.1, -0.05) is 13.3 Å². The van der Waals surface area contributed by atoms with Crippen LogP contribution in [0.25, 0.3) is 0 Å². The van der Waals surface area contributed by atoms with Gasteiger partial charge in [0.15, 0.2) is 0 Å². The number of ether oxygens (including phenoxy) is 1. The molecule has 1 aromatic rings. The van der Waals surface area contributed by atoms with Gasteiger partial charge in [0.2, 0.25) is 0 Å². The van der Waals surface area contributed by atoms with Crippen LogP contribution in [-0.4, -0.2) is 42.7 Å². The van der Waals surface area contributed by atoms with Gasteiger partial charge in [0.1, 0.15) is 12.4 Å². The van der Waals surface area contributed by atoms with Crippen molar-refractivity contribution in [2.45, 2.75) is 45.7 Å². The molecule has 0 radical (unpaired) electrons. The summed E-state index contributed by atoms with van der Waals surface area (Å²) in [4.78, 5) is 6.79. The van der Waals surface area contributed by atoms with Crippen LogP contribution < -0.4 is 10.1 Å². The second-order valence-corrected chi connectivity index (χ2v) is 5.65. The molecule has 1 saturated heterocycles. The number of nitrogens with one attached hydrogen (secondary N) is 1. The molecule has 20 heavy (non-hydrogen) atoms. The molecule has 1 aliphatic heterocycles. The van der Waals surface area contributed by atoms with Crippen molar-refractivity contribution in [1.29, 1.82) is 0 Å². The highest BCUT2D eigenvalue weighted by atomic mass is 16.5. The molecule has 1 atom stereocenters. The van der Waals surface area contributed by atoms with Gasteiger partial charge < -0.3 is 15.0 Å². The fourth-order valence-electron chi connectivity index (χ4n) is 2.63. The van der Waals surface area contributed by atoms with Gasteiger partial charge in [-0.3, -0.25) is 4.98 Å². The molecule has 0 amide bonds. The van der Waals surface area contributed by atoms with E-state index in [9.17, 15) is 0 Å². The van der Waals surface area contributed by atoms with E-state index in [1.54, 1.807) is 0 Å². The monoisotopic (exact) mass is 277 g/mol. The van der Waals surface area contributed by atoms with Crippen molar-refractivity contribution >= 4 is 0 Å². The van der Waals surface area contributed by atoms with Gasteiger partial charge in [-0.05, 0) is 39.9 Å². The number of nitrogens with zero attached hydrogens (tertiary/aromatic N) is 2. The number of hydrogen-bond donors (Lipinski definition) is 1. The Morgan fingerprint density at radius 2 is 2.30 bits per heavy atom. The van der Waals surface area contributed by atoms with E-state index in [1.165, 1.54) is 25.8 Å². The zero-order valence-electron chi connectivity index (χ0n) is 13.0. The van der Waals surface area contributed by atoms with E-state index in [-0.39, 0.29) is 0 Å². The van der Waals surface area contributed by atoms with E-state index < -0.39 is 0 Å². The minimum absolute atomic E-state index is 0.546. The van der Waals surface area contributed by atoms with Crippen LogP contribution >= 0.6 is 0 Å². The second kappa shape index (κ2) is 7.60. The van der Waals surface area contributed by atoms with Crippen molar-refractivity contribution in [2.24, 2.45) is 0 Å². The van der Waals surface area contributed by atoms with Gasteiger partial charge in [-0.25, -0.2) is 0 Å². The molecule has 4 nitrogen and oxygen atoms in total. The summed E-state index contributed by atoms with van der Waals surface area (Å²) in [5.41, 5.74) is 2.16. The largest absolute Gasteiger partial charge is 0.491 e. The van der Waals surface area contributed by atoms with Crippen LogP contribution in [0.2, 0.25) is 0 Å². The summed E-state index contributed by atoms with van der Waals surface area (Å²) in [5, 5.41) is 3.34. The van der Waals surface area contributed by atoms with Crippen molar-refractivity contribution in [2.75, 3.05) is 26.7 Å². The predicted octanol–water partition coefficient (Wildman–Crippen LogP) is 2.36. The summed E-state index contributed by atoms with van der Waals surface area (Å²) in [7, 11) is 2.20. The van der Waals surface area contributed by atoms with E-state index in [0.29, 0.717) is 6.04 Å². The molecule has 2 rings (SSSR count). The third-order valence-electron chi connectivity index (χ3n) is 4.00. The van der Waals surface area contributed by atoms with Crippen LogP contribution in [0.1, 0.15) is 37.4 Å². The Hall–Kier alpha value is -1.13. The smallest absolute Gasteiger partial charge is 0.127 e. The highest BCUT2D eigenvalue weighted by Crippen LogP contribution is 2.21. The maximum atomic E-state index is 6.10. The lowest BCUT2D eigenvalue weighted by Gasteiger charge is -2.32. The molecule has 0 saturated carbocycles. The van der Waals surface area contributed by atoms with E-state index in [1.807, 2.05) is 13.1 Å². The third kappa shape index (κ3) is 4.18. The zero-order valence-corrected chi connectivity index (χ0v) is 13.0. The number of piperidine rings is 1. The Kier molecular flexibility index (Phi) is 5.80. The van der Waals surface area contributed by atoms with E-state index >= 15 is 0 Å². The fraction of sp³-hybridized carbons (Fsp3) is 0.688. The molecule has 1 aromatic heterocycles. The Labute approximate surface area is 122 Å². The Bertz CT molecular complexity index is 422.